The van der Waals surface area contributed by atoms with Crippen LogP contribution in [0, 0.1) is 6.57 Å². The predicted molar refractivity (Wildman–Crippen MR) is 72.4 cm³/mol. The molecule has 2 aromatic heterocycles. The van der Waals surface area contributed by atoms with Gasteiger partial charge in [-0.3, -0.25) is 0 Å². The van der Waals surface area contributed by atoms with Gasteiger partial charge in [-0.25, -0.2) is 19.6 Å². The van der Waals surface area contributed by atoms with Gasteiger partial charge in [-0.15, -0.1) is 0 Å². The van der Waals surface area contributed by atoms with Gasteiger partial charge in [-0.2, -0.15) is 11.3 Å². The minimum absolute atomic E-state index is 0.00942. The molecule has 19 heavy (non-hydrogen) atoms. The van der Waals surface area contributed by atoms with E-state index in [-0.39, 0.29) is 22.4 Å². The maximum Gasteiger partial charge on any atom is 0.358 e. The molecule has 96 valence electrons. The number of halogens is 1. The zero-order valence-corrected chi connectivity index (χ0v) is 11.2. The van der Waals surface area contributed by atoms with E-state index in [0.29, 0.717) is 9.88 Å². The second-order valence-corrected chi connectivity index (χ2v) is 4.78. The highest BCUT2D eigenvalue weighted by Crippen LogP contribution is 2.33. The van der Waals surface area contributed by atoms with Gasteiger partial charge in [-0.1, -0.05) is 17.7 Å². The first-order valence-corrected chi connectivity index (χ1v) is 6.15. The van der Waals surface area contributed by atoms with Gasteiger partial charge >= 0.3 is 5.97 Å². The molecule has 2 aromatic rings. The maximum absolute atomic E-state index is 11.5. The Kier molecular flexibility index (Phi) is 3.64. The first-order chi connectivity index (χ1) is 9.06. The summed E-state index contributed by atoms with van der Waals surface area (Å²) in [5.74, 6) is -0.464. The van der Waals surface area contributed by atoms with Gasteiger partial charge in [0.25, 0.3) is 0 Å². The molecule has 6 nitrogen and oxygen atoms in total. The first-order valence-electron chi connectivity index (χ1n) is 4.95. The number of nitrogens with zero attached hydrogens (tertiary/aromatic N) is 3. The van der Waals surface area contributed by atoms with Crippen LogP contribution >= 0.6 is 22.9 Å². The quantitative estimate of drug-likeness (QED) is 0.680. The molecule has 8 heteroatoms. The van der Waals surface area contributed by atoms with E-state index in [9.17, 15) is 4.79 Å². The molecule has 0 aliphatic heterocycles. The summed E-state index contributed by atoms with van der Waals surface area (Å²) in [6, 6.07) is 3.32. The van der Waals surface area contributed by atoms with E-state index in [4.69, 9.17) is 23.9 Å². The summed E-state index contributed by atoms with van der Waals surface area (Å²) in [4.78, 5) is 23.5. The van der Waals surface area contributed by atoms with Gasteiger partial charge in [0.1, 0.15) is 10.8 Å². The third kappa shape index (κ3) is 2.50. The van der Waals surface area contributed by atoms with Crippen molar-refractivity contribution in [1.29, 1.82) is 0 Å². The topological polar surface area (TPSA) is 82.5 Å². The summed E-state index contributed by atoms with van der Waals surface area (Å²) in [5.41, 5.74) is 5.55. The highest BCUT2D eigenvalue weighted by atomic mass is 35.5. The lowest BCUT2D eigenvalue weighted by Crippen LogP contribution is -2.09. The summed E-state index contributed by atoms with van der Waals surface area (Å²) >= 11 is 7.06. The number of anilines is 1. The van der Waals surface area contributed by atoms with Gasteiger partial charge in [0.15, 0.2) is 11.5 Å². The molecule has 0 spiro atoms. The van der Waals surface area contributed by atoms with Crippen molar-refractivity contribution in [3.05, 3.63) is 34.3 Å². The highest BCUT2D eigenvalue weighted by Gasteiger charge is 2.19. The minimum atomic E-state index is -0.692. The Morgan fingerprint density at radius 1 is 1.53 bits per heavy atom. The van der Waals surface area contributed by atoms with Crippen LogP contribution in [0.25, 0.3) is 15.5 Å². The third-order valence-electron chi connectivity index (χ3n) is 2.18. The lowest BCUT2D eigenvalue weighted by atomic mass is 10.3. The summed E-state index contributed by atoms with van der Waals surface area (Å²) in [5, 5.41) is 0.448. The number of esters is 1. The van der Waals surface area contributed by atoms with E-state index >= 15 is 0 Å². The molecule has 0 saturated heterocycles. The smallest absolute Gasteiger partial charge is 0.358 e. The molecule has 0 saturated carbocycles. The fourth-order valence-corrected chi connectivity index (χ4v) is 2.20. The number of methoxy groups -OCH3 is 1. The lowest BCUT2D eigenvalue weighted by Gasteiger charge is -2.06. The van der Waals surface area contributed by atoms with Crippen molar-refractivity contribution in [2.24, 2.45) is 0 Å². The van der Waals surface area contributed by atoms with Gasteiger partial charge in [0.05, 0.1) is 18.6 Å². The van der Waals surface area contributed by atoms with Gasteiger partial charge in [0.2, 0.25) is 5.00 Å². The number of rotatable bonds is 2. The second kappa shape index (κ2) is 5.22. The molecule has 0 fully saturated rings. The van der Waals surface area contributed by atoms with Crippen molar-refractivity contribution in [3.8, 4) is 10.7 Å². The Morgan fingerprint density at radius 2 is 2.26 bits per heavy atom. The average Bonchev–Trinajstić information content (AvgIpc) is 2.89. The van der Waals surface area contributed by atoms with Crippen molar-refractivity contribution in [2.75, 3.05) is 12.8 Å². The zero-order valence-electron chi connectivity index (χ0n) is 9.68. The number of aromatic nitrogens is 2. The Labute approximate surface area is 117 Å². The van der Waals surface area contributed by atoms with E-state index in [1.54, 1.807) is 12.1 Å². The van der Waals surface area contributed by atoms with Crippen LogP contribution in [0.5, 0.6) is 0 Å². The van der Waals surface area contributed by atoms with E-state index < -0.39 is 5.97 Å². The Hall–Kier alpha value is -2.17. The highest BCUT2D eigenvalue weighted by molar-refractivity contribution is 7.19. The number of nitrogens with two attached hydrogens (primary N) is 1. The van der Waals surface area contributed by atoms with Crippen LogP contribution in [0.15, 0.2) is 12.1 Å². The first kappa shape index (κ1) is 13.3. The monoisotopic (exact) mass is 294 g/mol. The molecule has 0 radical (unpaired) electrons. The molecule has 2 rings (SSSR count). The van der Waals surface area contributed by atoms with Crippen molar-refractivity contribution < 1.29 is 9.53 Å². The van der Waals surface area contributed by atoms with Crippen LogP contribution < -0.4 is 5.73 Å². The summed E-state index contributed by atoms with van der Waals surface area (Å²) < 4.78 is 4.58. The van der Waals surface area contributed by atoms with Crippen LogP contribution in [0.4, 0.5) is 10.8 Å². The minimum Gasteiger partial charge on any atom is -0.464 e. The summed E-state index contributed by atoms with van der Waals surface area (Å²) in [7, 11) is 1.22. The standard InChI is InChI=1S/C11H7ClN4O2S/c1-14-6-4-3-5(19-6)10-15-8(11(17)18-2)7(12)9(13)16-10/h3-4H,2H3,(H2,13,15,16). The molecular formula is C11H7ClN4O2S. The van der Waals surface area contributed by atoms with Crippen molar-refractivity contribution >= 4 is 39.7 Å². The Morgan fingerprint density at radius 3 is 2.84 bits per heavy atom. The average molecular weight is 295 g/mol. The van der Waals surface area contributed by atoms with Gasteiger partial charge < -0.3 is 10.5 Å². The lowest BCUT2D eigenvalue weighted by molar-refractivity contribution is 0.0594. The number of ether oxygens (including phenoxy) is 1. The maximum atomic E-state index is 11.5. The summed E-state index contributed by atoms with van der Waals surface area (Å²) in [6.07, 6.45) is 0. The number of nitrogen functional groups attached to an aromatic ring is 1. The fraction of sp³-hybridized carbons (Fsp3) is 0.0909. The number of carbonyl (C=O) groups is 1. The molecule has 2 N–H and O–H groups in total. The van der Waals surface area contributed by atoms with Crippen molar-refractivity contribution in [2.45, 2.75) is 0 Å². The summed E-state index contributed by atoms with van der Waals surface area (Å²) in [6.45, 7) is 6.91. The van der Waals surface area contributed by atoms with E-state index in [1.165, 1.54) is 18.4 Å². The van der Waals surface area contributed by atoms with Gasteiger partial charge in [0, 0.05) is 0 Å². The fourth-order valence-electron chi connectivity index (χ4n) is 1.31. The molecule has 0 aliphatic rings. The largest absolute Gasteiger partial charge is 0.464 e. The number of hydrogen-bond donors (Lipinski definition) is 1. The molecule has 0 amide bonds. The van der Waals surface area contributed by atoms with Crippen molar-refractivity contribution in [1.82, 2.24) is 9.97 Å². The molecule has 0 aliphatic carbocycles. The van der Waals surface area contributed by atoms with Crippen molar-refractivity contribution in [3.63, 3.8) is 0 Å². The normalized spacial score (nSPS) is 9.95. The number of thiophene rings is 1. The van der Waals surface area contributed by atoms with E-state index in [0.717, 1.165) is 0 Å². The number of carbonyl (C=O) groups excluding carboxylic acids is 1. The van der Waals surface area contributed by atoms with E-state index in [2.05, 4.69) is 19.5 Å². The Balaban J connectivity index is 2.56. The third-order valence-corrected chi connectivity index (χ3v) is 3.53. The van der Waals surface area contributed by atoms with Crippen LogP contribution in [-0.4, -0.2) is 23.0 Å². The van der Waals surface area contributed by atoms with Crippen LogP contribution in [0.3, 0.4) is 0 Å². The Bertz CT molecular complexity index is 692. The number of hydrogen-bond acceptors (Lipinski definition) is 6. The van der Waals surface area contributed by atoms with E-state index in [1.807, 2.05) is 0 Å². The molecule has 0 bridgehead atoms. The second-order valence-electron chi connectivity index (χ2n) is 3.34. The van der Waals surface area contributed by atoms with Crippen LogP contribution in [0.2, 0.25) is 5.02 Å². The zero-order chi connectivity index (χ0) is 14.0. The molecule has 0 aromatic carbocycles. The van der Waals surface area contributed by atoms with Crippen LogP contribution in [-0.2, 0) is 4.74 Å². The molecule has 2 heterocycles. The van der Waals surface area contributed by atoms with Gasteiger partial charge in [-0.05, 0) is 6.07 Å². The molecular weight excluding hydrogens is 288 g/mol. The SMILES string of the molecule is [C-]#[N+]c1ccc(-c2nc(N)c(Cl)c(C(=O)OC)n2)s1. The molecule has 0 atom stereocenters. The molecule has 0 unspecified atom stereocenters. The van der Waals surface area contributed by atoms with Crippen LogP contribution in [0.1, 0.15) is 10.5 Å². The predicted octanol–water partition coefficient (Wildman–Crippen LogP) is 2.78.